The Morgan fingerprint density at radius 1 is 1.06 bits per heavy atom. The van der Waals surface area contributed by atoms with Crippen molar-refractivity contribution in [1.29, 1.82) is 0 Å². The average Bonchev–Trinajstić information content (AvgIpc) is 3.61. The molecule has 3 heterocycles. The van der Waals surface area contributed by atoms with E-state index in [-0.39, 0.29) is 12.5 Å². The lowest BCUT2D eigenvalue weighted by Crippen LogP contribution is -2.59. The lowest BCUT2D eigenvalue weighted by molar-refractivity contribution is -0.170. The zero-order chi connectivity index (χ0) is 23.5. The quantitative estimate of drug-likeness (QED) is 0.548. The van der Waals surface area contributed by atoms with Crippen LogP contribution in [0.25, 0.3) is 21.3 Å². The number of benzene rings is 2. The van der Waals surface area contributed by atoms with Crippen molar-refractivity contribution in [1.82, 2.24) is 14.2 Å². The summed E-state index contributed by atoms with van der Waals surface area (Å²) in [5, 5.41) is 1.03. The van der Waals surface area contributed by atoms with E-state index < -0.39 is 15.6 Å². The number of piperidine rings is 1. The maximum Gasteiger partial charge on any atom is 0.248 e. The number of morpholine rings is 1. The first-order valence-corrected chi connectivity index (χ1v) is 14.0. The molecule has 0 bridgehead atoms. The first kappa shape index (κ1) is 22.2. The minimum absolute atomic E-state index is 0.0623. The molecule has 1 spiro atoms. The first-order valence-electron chi connectivity index (χ1n) is 11.7. The second kappa shape index (κ2) is 8.12. The van der Waals surface area contributed by atoms with E-state index in [1.165, 1.54) is 0 Å². The van der Waals surface area contributed by atoms with Crippen molar-refractivity contribution in [3.8, 4) is 11.1 Å². The molecular formula is C25H27N3O4S2. The van der Waals surface area contributed by atoms with Crippen molar-refractivity contribution in [2.45, 2.75) is 49.1 Å². The molecule has 1 saturated carbocycles. The lowest BCUT2D eigenvalue weighted by atomic mass is 9.90. The number of carbonyl (C=O) groups is 1. The van der Waals surface area contributed by atoms with Crippen LogP contribution in [0.2, 0.25) is 0 Å². The zero-order valence-electron chi connectivity index (χ0n) is 19.1. The summed E-state index contributed by atoms with van der Waals surface area (Å²) in [6, 6.07) is 13.6. The highest BCUT2D eigenvalue weighted by Gasteiger charge is 2.47. The van der Waals surface area contributed by atoms with Crippen LogP contribution in [-0.2, 0) is 19.6 Å². The molecule has 1 aliphatic carbocycles. The SMILES string of the molecule is Cc1nc2cc(-c3ccc(S(=O)(=O)N4CCC5(CC4)CN(C4CC4)C(=O)CO5)cc3)ccc2s1. The number of fused-ring (bicyclic) bond motifs is 1. The van der Waals surface area contributed by atoms with Crippen molar-refractivity contribution in [2.24, 2.45) is 0 Å². The van der Waals surface area contributed by atoms with Gasteiger partial charge in [-0.2, -0.15) is 4.31 Å². The molecule has 3 aliphatic rings. The highest BCUT2D eigenvalue weighted by Crippen LogP contribution is 2.37. The van der Waals surface area contributed by atoms with Crippen molar-refractivity contribution in [3.05, 3.63) is 47.5 Å². The molecule has 3 aromatic rings. The molecule has 34 heavy (non-hydrogen) atoms. The normalized spacial score (nSPS) is 21.4. The van der Waals surface area contributed by atoms with Gasteiger partial charge in [0, 0.05) is 19.1 Å². The Labute approximate surface area is 203 Å². The molecule has 0 N–H and O–H groups in total. The van der Waals surface area contributed by atoms with Gasteiger partial charge in [0.05, 0.1) is 32.3 Å². The van der Waals surface area contributed by atoms with E-state index in [1.807, 2.05) is 36.1 Å². The third-order valence-corrected chi connectivity index (χ3v) is 10.1. The van der Waals surface area contributed by atoms with E-state index >= 15 is 0 Å². The topological polar surface area (TPSA) is 79.8 Å². The van der Waals surface area contributed by atoms with Crippen molar-refractivity contribution in [3.63, 3.8) is 0 Å². The van der Waals surface area contributed by atoms with Gasteiger partial charge in [-0.25, -0.2) is 13.4 Å². The molecule has 1 amide bonds. The Hall–Kier alpha value is -2.33. The van der Waals surface area contributed by atoms with Crippen molar-refractivity contribution in [2.75, 3.05) is 26.2 Å². The second-order valence-corrected chi connectivity index (χ2v) is 12.7. The van der Waals surface area contributed by atoms with Gasteiger partial charge in [0.15, 0.2) is 0 Å². The van der Waals surface area contributed by atoms with E-state index in [0.717, 1.165) is 39.2 Å². The van der Waals surface area contributed by atoms with Crippen LogP contribution in [0, 0.1) is 6.92 Å². The van der Waals surface area contributed by atoms with Crippen LogP contribution >= 0.6 is 11.3 Å². The summed E-state index contributed by atoms with van der Waals surface area (Å²) in [5.41, 5.74) is 2.53. The van der Waals surface area contributed by atoms with Gasteiger partial charge in [0.1, 0.15) is 6.61 Å². The Bertz CT molecular complexity index is 1350. The van der Waals surface area contributed by atoms with E-state index in [4.69, 9.17) is 4.74 Å². The summed E-state index contributed by atoms with van der Waals surface area (Å²) in [4.78, 5) is 19.0. The van der Waals surface area contributed by atoms with Crippen LogP contribution in [0.15, 0.2) is 47.4 Å². The van der Waals surface area contributed by atoms with Crippen LogP contribution in [0.5, 0.6) is 0 Å². The van der Waals surface area contributed by atoms with Crippen LogP contribution in [0.1, 0.15) is 30.7 Å². The minimum atomic E-state index is -3.59. The molecule has 2 saturated heterocycles. The predicted molar refractivity (Wildman–Crippen MR) is 131 cm³/mol. The number of aryl methyl sites for hydroxylation is 1. The molecular weight excluding hydrogens is 470 g/mol. The minimum Gasteiger partial charge on any atom is -0.363 e. The fraction of sp³-hybridized carbons (Fsp3) is 0.440. The van der Waals surface area contributed by atoms with Gasteiger partial charge in [-0.05, 0) is 68.0 Å². The van der Waals surface area contributed by atoms with Crippen molar-refractivity contribution < 1.29 is 17.9 Å². The van der Waals surface area contributed by atoms with Gasteiger partial charge in [0.25, 0.3) is 0 Å². The fourth-order valence-electron chi connectivity index (χ4n) is 5.09. The number of ether oxygens (including phenoxy) is 1. The molecule has 178 valence electrons. The highest BCUT2D eigenvalue weighted by molar-refractivity contribution is 7.89. The van der Waals surface area contributed by atoms with Gasteiger partial charge in [0.2, 0.25) is 15.9 Å². The third kappa shape index (κ3) is 3.94. The summed E-state index contributed by atoms with van der Waals surface area (Å²) in [6.45, 7) is 3.49. The first-order chi connectivity index (χ1) is 16.3. The summed E-state index contributed by atoms with van der Waals surface area (Å²) in [7, 11) is -3.59. The third-order valence-electron chi connectivity index (χ3n) is 7.22. The van der Waals surface area contributed by atoms with Gasteiger partial charge >= 0.3 is 0 Å². The molecule has 1 aromatic heterocycles. The maximum atomic E-state index is 13.3. The van der Waals surface area contributed by atoms with Crippen LogP contribution in [0.3, 0.4) is 0 Å². The number of aromatic nitrogens is 1. The fourth-order valence-corrected chi connectivity index (χ4v) is 7.34. The Morgan fingerprint density at radius 3 is 2.47 bits per heavy atom. The summed E-state index contributed by atoms with van der Waals surface area (Å²) < 4.78 is 35.3. The van der Waals surface area contributed by atoms with Crippen LogP contribution in [0.4, 0.5) is 0 Å². The van der Waals surface area contributed by atoms with Gasteiger partial charge in [-0.15, -0.1) is 11.3 Å². The maximum absolute atomic E-state index is 13.3. The number of nitrogens with zero attached hydrogens (tertiary/aromatic N) is 3. The van der Waals surface area contributed by atoms with Crippen LogP contribution < -0.4 is 0 Å². The van der Waals surface area contributed by atoms with E-state index in [1.54, 1.807) is 27.8 Å². The Kier molecular flexibility index (Phi) is 5.29. The number of carbonyl (C=O) groups excluding carboxylic acids is 1. The number of amides is 1. The van der Waals surface area contributed by atoms with Crippen molar-refractivity contribution >= 4 is 37.5 Å². The zero-order valence-corrected chi connectivity index (χ0v) is 20.7. The second-order valence-electron chi connectivity index (χ2n) is 9.57. The number of thiazole rings is 1. The number of hydrogen-bond acceptors (Lipinski definition) is 6. The molecule has 6 rings (SSSR count). The Morgan fingerprint density at radius 2 is 1.76 bits per heavy atom. The number of hydrogen-bond donors (Lipinski definition) is 0. The average molecular weight is 498 g/mol. The largest absolute Gasteiger partial charge is 0.363 e. The molecule has 2 aliphatic heterocycles. The number of sulfonamides is 1. The van der Waals surface area contributed by atoms with Gasteiger partial charge < -0.3 is 9.64 Å². The molecule has 7 nitrogen and oxygen atoms in total. The van der Waals surface area contributed by atoms with E-state index in [0.29, 0.717) is 43.4 Å². The molecule has 0 atom stereocenters. The number of rotatable bonds is 4. The van der Waals surface area contributed by atoms with Gasteiger partial charge in [-0.3, -0.25) is 4.79 Å². The molecule has 3 fully saturated rings. The molecule has 2 aromatic carbocycles. The van der Waals surface area contributed by atoms with E-state index in [9.17, 15) is 13.2 Å². The molecule has 0 unspecified atom stereocenters. The standard InChI is InChI=1S/C25H27N3O4S2/c1-17-26-22-14-19(4-9-23(22)33-17)18-2-7-21(8-3-18)34(30,31)27-12-10-25(11-13-27)16-28(20-5-6-20)24(29)15-32-25/h2-4,7-9,14,20H,5-6,10-13,15-16H2,1H3. The summed E-state index contributed by atoms with van der Waals surface area (Å²) in [5.74, 6) is 0.0623. The summed E-state index contributed by atoms with van der Waals surface area (Å²) in [6.07, 6.45) is 3.34. The molecule has 0 radical (unpaired) electrons. The molecule has 9 heteroatoms. The monoisotopic (exact) mass is 497 g/mol. The predicted octanol–water partition coefficient (Wildman–Crippen LogP) is 3.82. The van der Waals surface area contributed by atoms with E-state index in [2.05, 4.69) is 11.1 Å². The summed E-state index contributed by atoms with van der Waals surface area (Å²) >= 11 is 1.67. The van der Waals surface area contributed by atoms with Gasteiger partial charge in [-0.1, -0.05) is 18.2 Å². The smallest absolute Gasteiger partial charge is 0.248 e. The lowest BCUT2D eigenvalue weighted by Gasteiger charge is -2.46. The Balaban J connectivity index is 1.16. The van der Waals surface area contributed by atoms with Crippen LogP contribution in [-0.4, -0.2) is 66.4 Å². The highest BCUT2D eigenvalue weighted by atomic mass is 32.2.